The van der Waals surface area contributed by atoms with Crippen LogP contribution in [0, 0.1) is 0 Å². The molecule has 0 unspecified atom stereocenters. The summed E-state index contributed by atoms with van der Waals surface area (Å²) in [7, 11) is 0. The SMILES string of the molecule is C=CN(N=C)c1ccc(C2CNC2)cc1. The predicted octanol–water partition coefficient (Wildman–Crippen LogP) is 1.94. The number of hydrogen-bond acceptors (Lipinski definition) is 3. The summed E-state index contributed by atoms with van der Waals surface area (Å²) in [6, 6.07) is 8.37. The topological polar surface area (TPSA) is 27.6 Å². The molecule has 0 amide bonds. The number of hydrogen-bond donors (Lipinski definition) is 1. The Kier molecular flexibility index (Phi) is 2.83. The summed E-state index contributed by atoms with van der Waals surface area (Å²) in [5, 5.41) is 8.76. The lowest BCUT2D eigenvalue weighted by molar-refractivity contribution is 0.448. The van der Waals surface area contributed by atoms with Gasteiger partial charge in [-0.3, -0.25) is 0 Å². The molecular formula is C12H15N3. The number of rotatable bonds is 4. The maximum Gasteiger partial charge on any atom is 0.0645 e. The van der Waals surface area contributed by atoms with Gasteiger partial charge in [0.1, 0.15) is 0 Å². The molecule has 2 rings (SSSR count). The first kappa shape index (κ1) is 9.93. The fraction of sp³-hybridized carbons (Fsp3) is 0.250. The predicted molar refractivity (Wildman–Crippen MR) is 64.3 cm³/mol. The molecule has 1 aliphatic rings. The number of nitrogens with one attached hydrogen (secondary N) is 1. The highest BCUT2D eigenvalue weighted by molar-refractivity contribution is 5.51. The van der Waals surface area contributed by atoms with Crippen molar-refractivity contribution in [1.82, 2.24) is 5.32 Å². The number of nitrogens with zero attached hydrogens (tertiary/aromatic N) is 2. The Hall–Kier alpha value is -1.61. The number of anilines is 1. The molecule has 0 saturated carbocycles. The van der Waals surface area contributed by atoms with Crippen molar-refractivity contribution in [2.75, 3.05) is 18.1 Å². The van der Waals surface area contributed by atoms with Crippen molar-refractivity contribution in [3.63, 3.8) is 0 Å². The van der Waals surface area contributed by atoms with Crippen LogP contribution in [-0.4, -0.2) is 19.8 Å². The van der Waals surface area contributed by atoms with Gasteiger partial charge in [-0.15, -0.1) is 0 Å². The third-order valence-electron chi connectivity index (χ3n) is 2.74. The van der Waals surface area contributed by atoms with E-state index >= 15 is 0 Å². The minimum atomic E-state index is 0.674. The average molecular weight is 201 g/mol. The monoisotopic (exact) mass is 201 g/mol. The van der Waals surface area contributed by atoms with Gasteiger partial charge in [-0.05, 0) is 17.7 Å². The Balaban J connectivity index is 2.15. The Bertz CT molecular complexity index is 344. The Morgan fingerprint density at radius 3 is 2.40 bits per heavy atom. The Morgan fingerprint density at radius 1 is 1.33 bits per heavy atom. The average Bonchev–Trinajstić information content (AvgIpc) is 2.20. The van der Waals surface area contributed by atoms with E-state index in [2.05, 4.69) is 35.8 Å². The molecule has 0 spiro atoms. The lowest BCUT2D eigenvalue weighted by atomic mass is 9.94. The summed E-state index contributed by atoms with van der Waals surface area (Å²) in [6.07, 6.45) is 1.65. The van der Waals surface area contributed by atoms with Crippen molar-refractivity contribution in [3.8, 4) is 0 Å². The summed E-state index contributed by atoms with van der Waals surface area (Å²) in [5.74, 6) is 0.674. The fourth-order valence-electron chi connectivity index (χ4n) is 1.67. The van der Waals surface area contributed by atoms with Crippen LogP contribution in [0.4, 0.5) is 5.69 Å². The lowest BCUT2D eigenvalue weighted by Crippen LogP contribution is -2.39. The highest BCUT2D eigenvalue weighted by Gasteiger charge is 2.18. The van der Waals surface area contributed by atoms with E-state index in [4.69, 9.17) is 0 Å². The molecule has 0 bridgehead atoms. The zero-order valence-electron chi connectivity index (χ0n) is 8.69. The Labute approximate surface area is 90.1 Å². The normalized spacial score (nSPS) is 15.5. The van der Waals surface area contributed by atoms with E-state index in [-0.39, 0.29) is 0 Å². The molecule has 0 aromatic heterocycles. The smallest absolute Gasteiger partial charge is 0.0645 e. The van der Waals surface area contributed by atoms with Gasteiger partial charge < -0.3 is 5.32 Å². The van der Waals surface area contributed by atoms with E-state index in [1.807, 2.05) is 12.1 Å². The lowest BCUT2D eigenvalue weighted by Gasteiger charge is -2.27. The molecule has 1 aromatic rings. The second-order valence-electron chi connectivity index (χ2n) is 3.62. The number of hydrazone groups is 1. The zero-order chi connectivity index (χ0) is 10.7. The van der Waals surface area contributed by atoms with Gasteiger partial charge in [-0.2, -0.15) is 5.10 Å². The molecule has 15 heavy (non-hydrogen) atoms. The first-order chi connectivity index (χ1) is 7.35. The molecule has 1 aliphatic heterocycles. The van der Waals surface area contributed by atoms with Crippen molar-refractivity contribution < 1.29 is 0 Å². The second-order valence-corrected chi connectivity index (χ2v) is 3.62. The maximum atomic E-state index is 3.84. The summed E-state index contributed by atoms with van der Waals surface area (Å²) in [5.41, 5.74) is 2.38. The van der Waals surface area contributed by atoms with Gasteiger partial charge in [0, 0.05) is 31.9 Å². The van der Waals surface area contributed by atoms with E-state index in [0.29, 0.717) is 5.92 Å². The first-order valence-electron chi connectivity index (χ1n) is 5.04. The molecule has 3 nitrogen and oxygen atoms in total. The van der Waals surface area contributed by atoms with Gasteiger partial charge in [0.15, 0.2) is 0 Å². The van der Waals surface area contributed by atoms with E-state index in [0.717, 1.165) is 18.8 Å². The molecular weight excluding hydrogens is 186 g/mol. The maximum absolute atomic E-state index is 3.84. The van der Waals surface area contributed by atoms with Crippen LogP contribution in [0.5, 0.6) is 0 Å². The minimum absolute atomic E-state index is 0.674. The number of benzene rings is 1. The van der Waals surface area contributed by atoms with E-state index in [9.17, 15) is 0 Å². The van der Waals surface area contributed by atoms with Crippen molar-refractivity contribution >= 4 is 12.4 Å². The standard InChI is InChI=1S/C12H15N3/c1-3-15(13-2)12-6-4-10(5-7-12)11-8-14-9-11/h3-7,11,14H,1-2,8-9H2. The molecule has 1 aromatic carbocycles. The first-order valence-corrected chi connectivity index (χ1v) is 5.04. The molecule has 0 atom stereocenters. The minimum Gasteiger partial charge on any atom is -0.315 e. The van der Waals surface area contributed by atoms with Crippen LogP contribution in [0.25, 0.3) is 0 Å². The Morgan fingerprint density at radius 2 is 2.00 bits per heavy atom. The van der Waals surface area contributed by atoms with Crippen LogP contribution >= 0.6 is 0 Å². The summed E-state index contributed by atoms with van der Waals surface area (Å²) >= 11 is 0. The van der Waals surface area contributed by atoms with Crippen molar-refractivity contribution in [3.05, 3.63) is 42.6 Å². The van der Waals surface area contributed by atoms with Crippen LogP contribution in [0.2, 0.25) is 0 Å². The van der Waals surface area contributed by atoms with Crippen LogP contribution in [0.1, 0.15) is 11.5 Å². The highest BCUT2D eigenvalue weighted by atomic mass is 15.4. The van der Waals surface area contributed by atoms with Crippen molar-refractivity contribution in [1.29, 1.82) is 0 Å². The van der Waals surface area contributed by atoms with E-state index in [1.54, 1.807) is 11.2 Å². The molecule has 0 radical (unpaired) electrons. The van der Waals surface area contributed by atoms with Gasteiger partial charge in [0.25, 0.3) is 0 Å². The summed E-state index contributed by atoms with van der Waals surface area (Å²) < 4.78 is 0. The van der Waals surface area contributed by atoms with Gasteiger partial charge in [0.2, 0.25) is 0 Å². The van der Waals surface area contributed by atoms with Crippen molar-refractivity contribution in [2.45, 2.75) is 5.92 Å². The highest BCUT2D eigenvalue weighted by Crippen LogP contribution is 2.23. The quantitative estimate of drug-likeness (QED) is 0.595. The van der Waals surface area contributed by atoms with Crippen LogP contribution < -0.4 is 10.3 Å². The molecule has 1 heterocycles. The van der Waals surface area contributed by atoms with Gasteiger partial charge in [-0.25, -0.2) is 5.01 Å². The molecule has 0 aliphatic carbocycles. The van der Waals surface area contributed by atoms with Crippen molar-refractivity contribution in [2.24, 2.45) is 5.10 Å². The largest absolute Gasteiger partial charge is 0.315 e. The summed E-state index contributed by atoms with van der Waals surface area (Å²) in [4.78, 5) is 0. The van der Waals surface area contributed by atoms with Crippen LogP contribution in [0.15, 0.2) is 42.1 Å². The van der Waals surface area contributed by atoms with E-state index in [1.165, 1.54) is 5.56 Å². The third-order valence-corrected chi connectivity index (χ3v) is 2.74. The molecule has 1 saturated heterocycles. The van der Waals surface area contributed by atoms with Gasteiger partial charge in [-0.1, -0.05) is 18.7 Å². The van der Waals surface area contributed by atoms with Gasteiger partial charge >= 0.3 is 0 Å². The third kappa shape index (κ3) is 1.92. The van der Waals surface area contributed by atoms with E-state index < -0.39 is 0 Å². The van der Waals surface area contributed by atoms with Crippen LogP contribution in [-0.2, 0) is 0 Å². The van der Waals surface area contributed by atoms with Crippen LogP contribution in [0.3, 0.4) is 0 Å². The zero-order valence-corrected chi connectivity index (χ0v) is 8.69. The molecule has 3 heteroatoms. The second kappa shape index (κ2) is 4.28. The summed E-state index contributed by atoms with van der Waals surface area (Å²) in [6.45, 7) is 9.34. The molecule has 1 fully saturated rings. The molecule has 1 N–H and O–H groups in total. The fourth-order valence-corrected chi connectivity index (χ4v) is 1.67. The molecule has 78 valence electrons. The van der Waals surface area contributed by atoms with Gasteiger partial charge in [0.05, 0.1) is 5.69 Å².